The van der Waals surface area contributed by atoms with Gasteiger partial charge in [-0.05, 0) is 25.0 Å². The largest absolute Gasteiger partial charge is 0.378 e. The molecule has 0 radical (unpaired) electrons. The summed E-state index contributed by atoms with van der Waals surface area (Å²) in [5.74, 6) is 0.505. The van der Waals surface area contributed by atoms with Crippen LogP contribution >= 0.6 is 0 Å². The van der Waals surface area contributed by atoms with Crippen molar-refractivity contribution >= 4 is 16.9 Å². The first-order valence-corrected chi connectivity index (χ1v) is 8.80. The molecular weight excluding hydrogens is 304 g/mol. The molecule has 2 aliphatic rings. The van der Waals surface area contributed by atoms with Crippen LogP contribution in [0.15, 0.2) is 30.6 Å². The number of amides is 1. The lowest BCUT2D eigenvalue weighted by molar-refractivity contribution is -0.141. The van der Waals surface area contributed by atoms with Crippen LogP contribution in [0.25, 0.3) is 11.0 Å². The van der Waals surface area contributed by atoms with Gasteiger partial charge in [0.2, 0.25) is 5.91 Å². The van der Waals surface area contributed by atoms with Crippen LogP contribution in [0.2, 0.25) is 0 Å². The molecule has 0 spiro atoms. The summed E-state index contributed by atoms with van der Waals surface area (Å²) < 4.78 is 7.53. The van der Waals surface area contributed by atoms with Crippen molar-refractivity contribution in [3.05, 3.63) is 30.6 Å². The van der Waals surface area contributed by atoms with E-state index < -0.39 is 0 Å². The number of nitrogens with zero attached hydrogens (tertiary/aromatic N) is 4. The first kappa shape index (κ1) is 15.6. The smallest absolute Gasteiger partial charge is 0.225 e. The molecule has 2 aliphatic heterocycles. The van der Waals surface area contributed by atoms with Crippen LogP contribution in [0, 0.1) is 5.92 Å². The highest BCUT2D eigenvalue weighted by Crippen LogP contribution is 2.21. The topological polar surface area (TPSA) is 50.6 Å². The number of likely N-dealkylation sites (tertiary alicyclic amines) is 1. The van der Waals surface area contributed by atoms with Gasteiger partial charge in [-0.1, -0.05) is 12.1 Å². The molecule has 0 aliphatic carbocycles. The van der Waals surface area contributed by atoms with Crippen LogP contribution < -0.4 is 0 Å². The van der Waals surface area contributed by atoms with E-state index >= 15 is 0 Å². The van der Waals surface area contributed by atoms with E-state index in [-0.39, 0.29) is 5.92 Å². The second-order valence-electron chi connectivity index (χ2n) is 6.67. The first-order chi connectivity index (χ1) is 11.8. The summed E-state index contributed by atoms with van der Waals surface area (Å²) in [6.07, 6.45) is 3.81. The number of benzene rings is 1. The van der Waals surface area contributed by atoms with E-state index in [1.807, 2.05) is 29.4 Å². The SMILES string of the molecule is O=C(C1CCN(Cn2cnc3ccccc32)CC1)N1CCOCC1. The van der Waals surface area contributed by atoms with Gasteiger partial charge in [0.05, 0.1) is 37.2 Å². The van der Waals surface area contributed by atoms with Crippen molar-refractivity contribution in [1.29, 1.82) is 0 Å². The molecule has 0 bridgehead atoms. The van der Waals surface area contributed by atoms with Gasteiger partial charge in [-0.25, -0.2) is 4.98 Å². The van der Waals surface area contributed by atoms with Crippen LogP contribution in [-0.4, -0.2) is 64.7 Å². The Morgan fingerprint density at radius 2 is 1.88 bits per heavy atom. The van der Waals surface area contributed by atoms with E-state index in [0.29, 0.717) is 19.1 Å². The summed E-state index contributed by atoms with van der Waals surface area (Å²) in [6, 6.07) is 8.21. The molecule has 1 aromatic heterocycles. The number of piperidine rings is 1. The molecule has 24 heavy (non-hydrogen) atoms. The predicted molar refractivity (Wildman–Crippen MR) is 91.4 cm³/mol. The van der Waals surface area contributed by atoms with Gasteiger partial charge in [0.25, 0.3) is 0 Å². The summed E-state index contributed by atoms with van der Waals surface area (Å²) in [7, 11) is 0. The quantitative estimate of drug-likeness (QED) is 0.858. The molecule has 3 heterocycles. The summed E-state index contributed by atoms with van der Waals surface area (Å²) in [5.41, 5.74) is 2.21. The summed E-state index contributed by atoms with van der Waals surface area (Å²) in [6.45, 7) is 5.64. The van der Waals surface area contributed by atoms with Crippen molar-refractivity contribution < 1.29 is 9.53 Å². The van der Waals surface area contributed by atoms with E-state index in [0.717, 1.165) is 51.2 Å². The van der Waals surface area contributed by atoms with Gasteiger partial charge in [0.1, 0.15) is 0 Å². The van der Waals surface area contributed by atoms with Crippen LogP contribution in [0.1, 0.15) is 12.8 Å². The lowest BCUT2D eigenvalue weighted by atomic mass is 9.95. The lowest BCUT2D eigenvalue weighted by Crippen LogP contribution is -2.46. The Morgan fingerprint density at radius 3 is 2.67 bits per heavy atom. The summed E-state index contributed by atoms with van der Waals surface area (Å²) >= 11 is 0. The van der Waals surface area contributed by atoms with Crippen molar-refractivity contribution in [3.63, 3.8) is 0 Å². The van der Waals surface area contributed by atoms with E-state index in [1.54, 1.807) is 0 Å². The lowest BCUT2D eigenvalue weighted by Gasteiger charge is -2.35. The molecule has 2 fully saturated rings. The number of aromatic nitrogens is 2. The number of hydrogen-bond donors (Lipinski definition) is 0. The third-order valence-corrected chi connectivity index (χ3v) is 5.14. The van der Waals surface area contributed by atoms with E-state index in [1.165, 1.54) is 5.52 Å². The number of para-hydroxylation sites is 2. The molecule has 1 aromatic carbocycles. The highest BCUT2D eigenvalue weighted by molar-refractivity contribution is 5.79. The Morgan fingerprint density at radius 1 is 1.12 bits per heavy atom. The Balaban J connectivity index is 1.33. The Bertz CT molecular complexity index is 700. The zero-order valence-corrected chi connectivity index (χ0v) is 13.9. The number of imidazole rings is 1. The fraction of sp³-hybridized carbons (Fsp3) is 0.556. The maximum Gasteiger partial charge on any atom is 0.225 e. The van der Waals surface area contributed by atoms with Crippen LogP contribution in [0.3, 0.4) is 0 Å². The standard InChI is InChI=1S/C18H24N4O2/c23-18(21-9-11-24-12-10-21)15-5-7-20(8-6-15)14-22-13-19-16-3-1-2-4-17(16)22/h1-4,13,15H,5-12,14H2. The summed E-state index contributed by atoms with van der Waals surface area (Å²) in [5, 5.41) is 0. The van der Waals surface area contributed by atoms with Crippen molar-refractivity contribution in [2.75, 3.05) is 39.4 Å². The maximum atomic E-state index is 12.6. The Kier molecular flexibility index (Phi) is 4.49. The molecule has 2 aromatic rings. The van der Waals surface area contributed by atoms with Gasteiger partial charge in [-0.2, -0.15) is 0 Å². The highest BCUT2D eigenvalue weighted by Gasteiger charge is 2.29. The van der Waals surface area contributed by atoms with E-state index in [9.17, 15) is 4.79 Å². The zero-order chi connectivity index (χ0) is 16.4. The van der Waals surface area contributed by atoms with Gasteiger partial charge in [0, 0.05) is 32.1 Å². The molecule has 2 saturated heterocycles. The molecule has 6 nitrogen and oxygen atoms in total. The molecule has 1 amide bonds. The number of fused-ring (bicyclic) bond motifs is 1. The Hall–Kier alpha value is -1.92. The maximum absolute atomic E-state index is 12.6. The van der Waals surface area contributed by atoms with Gasteiger partial charge in [-0.15, -0.1) is 0 Å². The highest BCUT2D eigenvalue weighted by atomic mass is 16.5. The first-order valence-electron chi connectivity index (χ1n) is 8.80. The summed E-state index contributed by atoms with van der Waals surface area (Å²) in [4.78, 5) is 21.4. The van der Waals surface area contributed by atoms with E-state index in [4.69, 9.17) is 4.74 Å². The molecule has 4 rings (SSSR count). The third kappa shape index (κ3) is 3.16. The van der Waals surface area contributed by atoms with Crippen LogP contribution in [0.5, 0.6) is 0 Å². The van der Waals surface area contributed by atoms with Crippen molar-refractivity contribution in [2.24, 2.45) is 5.92 Å². The number of hydrogen-bond acceptors (Lipinski definition) is 4. The number of ether oxygens (including phenoxy) is 1. The second kappa shape index (κ2) is 6.91. The fourth-order valence-electron chi connectivity index (χ4n) is 3.70. The van der Waals surface area contributed by atoms with Crippen LogP contribution in [-0.2, 0) is 16.2 Å². The monoisotopic (exact) mass is 328 g/mol. The minimum atomic E-state index is 0.180. The van der Waals surface area contributed by atoms with Crippen LogP contribution in [0.4, 0.5) is 0 Å². The Labute approximate surface area is 142 Å². The molecule has 128 valence electrons. The van der Waals surface area contributed by atoms with E-state index in [2.05, 4.69) is 20.5 Å². The molecule has 6 heteroatoms. The average molecular weight is 328 g/mol. The van der Waals surface area contributed by atoms with Gasteiger partial charge < -0.3 is 14.2 Å². The number of rotatable bonds is 3. The molecular formula is C18H24N4O2. The predicted octanol–water partition coefficient (Wildman–Crippen LogP) is 1.56. The number of carbonyl (C=O) groups is 1. The minimum Gasteiger partial charge on any atom is -0.378 e. The van der Waals surface area contributed by atoms with Gasteiger partial charge in [0.15, 0.2) is 0 Å². The zero-order valence-electron chi connectivity index (χ0n) is 13.9. The van der Waals surface area contributed by atoms with Crippen molar-refractivity contribution in [2.45, 2.75) is 19.5 Å². The second-order valence-corrected chi connectivity index (χ2v) is 6.67. The normalized spacial score (nSPS) is 20.6. The van der Waals surface area contributed by atoms with Crippen molar-refractivity contribution in [3.8, 4) is 0 Å². The number of carbonyl (C=O) groups excluding carboxylic acids is 1. The minimum absolute atomic E-state index is 0.180. The molecule has 0 atom stereocenters. The number of morpholine rings is 1. The third-order valence-electron chi connectivity index (χ3n) is 5.14. The van der Waals surface area contributed by atoms with Gasteiger partial charge in [-0.3, -0.25) is 9.69 Å². The molecule has 0 saturated carbocycles. The molecule has 0 N–H and O–H groups in total. The van der Waals surface area contributed by atoms with Crippen molar-refractivity contribution in [1.82, 2.24) is 19.4 Å². The van der Waals surface area contributed by atoms with Gasteiger partial charge >= 0.3 is 0 Å². The molecule has 0 unspecified atom stereocenters. The fourth-order valence-corrected chi connectivity index (χ4v) is 3.70. The average Bonchev–Trinajstić information content (AvgIpc) is 3.06.